The summed E-state index contributed by atoms with van der Waals surface area (Å²) in [6, 6.07) is 0. The summed E-state index contributed by atoms with van der Waals surface area (Å²) in [7, 11) is 1.36. The Bertz CT molecular complexity index is 371. The summed E-state index contributed by atoms with van der Waals surface area (Å²) < 4.78 is 4.74. The van der Waals surface area contributed by atoms with Gasteiger partial charge in [0.2, 0.25) is 0 Å². The topological polar surface area (TPSA) is 63.6 Å². The van der Waals surface area contributed by atoms with Gasteiger partial charge in [-0.25, -0.2) is 0 Å². The molecule has 0 aromatic heterocycles. The monoisotopic (exact) mass is 254 g/mol. The van der Waals surface area contributed by atoms with Gasteiger partial charge in [0.25, 0.3) is 0 Å². The van der Waals surface area contributed by atoms with E-state index in [1.807, 2.05) is 0 Å². The van der Waals surface area contributed by atoms with E-state index in [0.717, 1.165) is 25.7 Å². The van der Waals surface area contributed by atoms with Crippen molar-refractivity contribution < 1.29 is 19.4 Å². The Kier molecular flexibility index (Phi) is 2.95. The maximum absolute atomic E-state index is 11.6. The van der Waals surface area contributed by atoms with E-state index in [0.29, 0.717) is 0 Å². The second-order valence-electron chi connectivity index (χ2n) is 6.80. The van der Waals surface area contributed by atoms with Crippen LogP contribution in [0, 0.1) is 16.2 Å². The van der Waals surface area contributed by atoms with Gasteiger partial charge in [-0.3, -0.25) is 9.59 Å². The summed E-state index contributed by atoms with van der Waals surface area (Å²) in [6.45, 7) is 4.47. The highest BCUT2D eigenvalue weighted by Gasteiger charge is 2.64. The number of rotatable bonds is 4. The second-order valence-corrected chi connectivity index (χ2v) is 6.80. The number of esters is 1. The highest BCUT2D eigenvalue weighted by Crippen LogP contribution is 2.72. The number of carboxylic acid groups (broad SMARTS) is 1. The maximum Gasteiger partial charge on any atom is 0.306 e. The van der Waals surface area contributed by atoms with Crippen LogP contribution < -0.4 is 0 Å². The number of hydrogen-bond acceptors (Lipinski definition) is 3. The molecule has 0 unspecified atom stereocenters. The Labute approximate surface area is 108 Å². The Hall–Kier alpha value is -1.06. The summed E-state index contributed by atoms with van der Waals surface area (Å²) in [6.07, 6.45) is 4.27. The molecule has 0 aromatic carbocycles. The molecule has 3 atom stereocenters. The van der Waals surface area contributed by atoms with Gasteiger partial charge in [0.1, 0.15) is 0 Å². The fraction of sp³-hybridized carbons (Fsp3) is 0.857. The van der Waals surface area contributed by atoms with Crippen molar-refractivity contribution in [3.05, 3.63) is 0 Å². The Morgan fingerprint density at radius 2 is 1.61 bits per heavy atom. The van der Waals surface area contributed by atoms with Crippen molar-refractivity contribution >= 4 is 11.9 Å². The molecule has 18 heavy (non-hydrogen) atoms. The zero-order valence-corrected chi connectivity index (χ0v) is 11.4. The van der Waals surface area contributed by atoms with Gasteiger partial charge in [-0.1, -0.05) is 13.8 Å². The number of ether oxygens (including phenoxy) is 1. The summed E-state index contributed by atoms with van der Waals surface area (Å²) >= 11 is 0. The van der Waals surface area contributed by atoms with Crippen molar-refractivity contribution in [3.63, 3.8) is 0 Å². The molecule has 4 nitrogen and oxygen atoms in total. The minimum atomic E-state index is -0.813. The number of carbonyl (C=O) groups excluding carboxylic acids is 1. The highest BCUT2D eigenvalue weighted by atomic mass is 16.5. The molecule has 2 rings (SSSR count). The van der Waals surface area contributed by atoms with E-state index in [1.54, 1.807) is 0 Å². The fourth-order valence-corrected chi connectivity index (χ4v) is 4.31. The Morgan fingerprint density at radius 3 is 1.94 bits per heavy atom. The third-order valence-corrected chi connectivity index (χ3v) is 5.49. The molecule has 0 saturated heterocycles. The molecule has 102 valence electrons. The average Bonchev–Trinajstić information content (AvgIpc) is 2.37. The van der Waals surface area contributed by atoms with Crippen LogP contribution in [-0.2, 0) is 14.3 Å². The molecule has 2 saturated carbocycles. The fourth-order valence-electron chi connectivity index (χ4n) is 4.31. The third-order valence-electron chi connectivity index (χ3n) is 5.49. The predicted octanol–water partition coefficient (Wildman–Crippen LogP) is 2.61. The first kappa shape index (κ1) is 13.4. The van der Waals surface area contributed by atoms with Crippen LogP contribution in [-0.4, -0.2) is 24.2 Å². The van der Waals surface area contributed by atoms with Crippen molar-refractivity contribution in [1.29, 1.82) is 0 Å². The van der Waals surface area contributed by atoms with Crippen molar-refractivity contribution in [2.24, 2.45) is 16.2 Å². The van der Waals surface area contributed by atoms with E-state index in [9.17, 15) is 9.59 Å². The van der Waals surface area contributed by atoms with E-state index in [4.69, 9.17) is 9.84 Å². The van der Waals surface area contributed by atoms with Gasteiger partial charge < -0.3 is 9.84 Å². The molecule has 0 aromatic rings. The van der Waals surface area contributed by atoms with Gasteiger partial charge in [0.05, 0.1) is 20.0 Å². The molecule has 0 spiro atoms. The second kappa shape index (κ2) is 3.97. The van der Waals surface area contributed by atoms with Gasteiger partial charge in [-0.2, -0.15) is 0 Å². The molecule has 1 N–H and O–H groups in total. The summed E-state index contributed by atoms with van der Waals surface area (Å²) in [5.74, 6) is -1.10. The molecule has 0 heterocycles. The number of carbonyl (C=O) groups is 2. The minimum Gasteiger partial charge on any atom is -0.481 e. The normalized spacial score (nSPS) is 41.9. The van der Waals surface area contributed by atoms with Crippen LogP contribution in [0.25, 0.3) is 0 Å². The molecular weight excluding hydrogens is 232 g/mol. The molecule has 0 radical (unpaired) electrons. The average molecular weight is 254 g/mol. The van der Waals surface area contributed by atoms with Gasteiger partial charge >= 0.3 is 11.9 Å². The lowest BCUT2D eigenvalue weighted by Gasteiger charge is -2.52. The standard InChI is InChI=1S/C14H22O4/c1-12-4-5-13(12,2)9-14(8-12,6-10(15)16)7-11(17)18-3/h4-9H2,1-3H3,(H,15,16)/t12-,13+,14-. The molecule has 2 fully saturated rings. The van der Waals surface area contributed by atoms with E-state index in [2.05, 4.69) is 13.8 Å². The number of aliphatic carboxylic acids is 1. The highest BCUT2D eigenvalue weighted by molar-refractivity contribution is 5.73. The predicted molar refractivity (Wildman–Crippen MR) is 66.0 cm³/mol. The zero-order chi connectivity index (χ0) is 13.6. The zero-order valence-electron chi connectivity index (χ0n) is 11.4. The van der Waals surface area contributed by atoms with Gasteiger partial charge in [-0.05, 0) is 41.9 Å². The van der Waals surface area contributed by atoms with Crippen molar-refractivity contribution in [1.82, 2.24) is 0 Å². The maximum atomic E-state index is 11.6. The molecule has 2 aliphatic carbocycles. The number of hydrogen-bond donors (Lipinski definition) is 1. The first-order chi connectivity index (χ1) is 8.24. The first-order valence-electron chi connectivity index (χ1n) is 6.53. The van der Waals surface area contributed by atoms with Crippen LogP contribution in [0.15, 0.2) is 0 Å². The smallest absolute Gasteiger partial charge is 0.306 e. The Morgan fingerprint density at radius 1 is 1.11 bits per heavy atom. The lowest BCUT2D eigenvalue weighted by Crippen LogP contribution is -2.42. The minimum absolute atomic E-state index is 0.0767. The van der Waals surface area contributed by atoms with Crippen LogP contribution >= 0.6 is 0 Å². The molecule has 0 amide bonds. The van der Waals surface area contributed by atoms with Crippen LogP contribution in [0.5, 0.6) is 0 Å². The van der Waals surface area contributed by atoms with Gasteiger partial charge in [-0.15, -0.1) is 0 Å². The largest absolute Gasteiger partial charge is 0.481 e. The van der Waals surface area contributed by atoms with Crippen LogP contribution in [0.1, 0.15) is 52.4 Å². The molecule has 4 heteroatoms. The summed E-state index contributed by atoms with van der Waals surface area (Å²) in [5.41, 5.74) is 0.00582. The third kappa shape index (κ3) is 1.91. The van der Waals surface area contributed by atoms with Crippen LogP contribution in [0.3, 0.4) is 0 Å². The molecule has 0 aliphatic heterocycles. The van der Waals surface area contributed by atoms with Crippen molar-refractivity contribution in [3.8, 4) is 0 Å². The quantitative estimate of drug-likeness (QED) is 0.783. The van der Waals surface area contributed by atoms with E-state index in [1.165, 1.54) is 7.11 Å². The van der Waals surface area contributed by atoms with E-state index >= 15 is 0 Å². The number of carboxylic acids is 1. The SMILES string of the molecule is COC(=O)C[C@@]1(CC(=O)O)C[C@]2(C)CC[C@]2(C)C1. The lowest BCUT2D eigenvalue weighted by atomic mass is 9.53. The molecular formula is C14H22O4. The van der Waals surface area contributed by atoms with Gasteiger partial charge in [0, 0.05) is 0 Å². The first-order valence-corrected chi connectivity index (χ1v) is 6.53. The van der Waals surface area contributed by atoms with E-state index in [-0.39, 0.29) is 29.6 Å². The number of methoxy groups -OCH3 is 1. The van der Waals surface area contributed by atoms with Gasteiger partial charge in [0.15, 0.2) is 0 Å². The molecule has 0 bridgehead atoms. The summed E-state index contributed by atoms with van der Waals surface area (Å²) in [4.78, 5) is 22.7. The molecule has 2 aliphatic rings. The van der Waals surface area contributed by atoms with Crippen LogP contribution in [0.2, 0.25) is 0 Å². The number of fused-ring (bicyclic) bond motifs is 1. The van der Waals surface area contributed by atoms with Crippen molar-refractivity contribution in [2.75, 3.05) is 7.11 Å². The van der Waals surface area contributed by atoms with Crippen LogP contribution in [0.4, 0.5) is 0 Å². The van der Waals surface area contributed by atoms with E-state index < -0.39 is 11.4 Å². The summed E-state index contributed by atoms with van der Waals surface area (Å²) in [5, 5.41) is 9.13. The Balaban J connectivity index is 2.22. The lowest BCUT2D eigenvalue weighted by molar-refractivity contribution is -0.146. The van der Waals surface area contributed by atoms with Crippen molar-refractivity contribution in [2.45, 2.75) is 52.4 Å².